The first-order chi connectivity index (χ1) is 9.60. The van der Waals surface area contributed by atoms with E-state index in [2.05, 4.69) is 0 Å². The van der Waals surface area contributed by atoms with E-state index < -0.39 is 26.7 Å². The van der Waals surface area contributed by atoms with Crippen LogP contribution in [0.1, 0.15) is 13.8 Å². The Morgan fingerprint density at radius 1 is 1.43 bits per heavy atom. The molecule has 21 heavy (non-hydrogen) atoms. The lowest BCUT2D eigenvalue weighted by Crippen LogP contribution is -2.30. The van der Waals surface area contributed by atoms with Crippen LogP contribution in [-0.4, -0.2) is 25.7 Å². The molecule has 0 aliphatic carbocycles. The van der Waals surface area contributed by atoms with Gasteiger partial charge in [0.25, 0.3) is 5.69 Å². The Bertz CT molecular complexity index is 618. The topological polar surface area (TPSA) is 113 Å². The Hall–Kier alpha value is -1.74. The first-order valence-corrected chi connectivity index (χ1v) is 7.89. The van der Waals surface area contributed by atoms with Crippen LogP contribution >= 0.6 is 0 Å². The number of hydrogen-bond acceptors (Lipinski definition) is 5. The maximum atomic E-state index is 13.6. The number of benzene rings is 1. The van der Waals surface area contributed by atoms with E-state index in [9.17, 15) is 22.9 Å². The normalized spacial score (nSPS) is 13.2. The van der Waals surface area contributed by atoms with Gasteiger partial charge < -0.3 is 4.74 Å². The number of nitrogens with zero attached hydrogens (tertiary/aromatic N) is 1. The van der Waals surface area contributed by atoms with Crippen LogP contribution in [0.3, 0.4) is 0 Å². The number of nitro benzene ring substituents is 1. The molecular formula is C12H17FN2O5S. The first-order valence-electron chi connectivity index (χ1n) is 6.17. The average Bonchev–Trinajstić information content (AvgIpc) is 2.33. The van der Waals surface area contributed by atoms with Gasteiger partial charge in [-0.25, -0.2) is 17.9 Å². The Kier molecular flexibility index (Phi) is 5.62. The van der Waals surface area contributed by atoms with Gasteiger partial charge >= 0.3 is 0 Å². The summed E-state index contributed by atoms with van der Waals surface area (Å²) in [6.07, 6.45) is 0. The maximum Gasteiger partial charge on any atom is 0.272 e. The molecule has 0 amide bonds. The van der Waals surface area contributed by atoms with Crippen molar-refractivity contribution in [1.82, 2.24) is 0 Å². The molecule has 0 heterocycles. The fourth-order valence-electron chi connectivity index (χ4n) is 1.65. The number of ether oxygens (including phenoxy) is 1. The molecule has 2 N–H and O–H groups in total. The van der Waals surface area contributed by atoms with Gasteiger partial charge in [0.2, 0.25) is 10.0 Å². The SMILES string of the molecule is CC(C)C(COc1ccc([N+](=O)[O-])cc1F)CS(N)(=O)=O. The second-order valence-corrected chi connectivity index (χ2v) is 6.68. The molecular weight excluding hydrogens is 303 g/mol. The van der Waals surface area contributed by atoms with Crippen molar-refractivity contribution in [3.8, 4) is 5.75 Å². The maximum absolute atomic E-state index is 13.6. The molecule has 0 aromatic heterocycles. The summed E-state index contributed by atoms with van der Waals surface area (Å²) in [7, 11) is -3.66. The Morgan fingerprint density at radius 3 is 2.48 bits per heavy atom. The molecule has 7 nitrogen and oxygen atoms in total. The van der Waals surface area contributed by atoms with E-state index >= 15 is 0 Å². The molecule has 118 valence electrons. The molecule has 1 aromatic carbocycles. The molecule has 0 radical (unpaired) electrons. The number of sulfonamides is 1. The lowest BCUT2D eigenvalue weighted by molar-refractivity contribution is -0.385. The number of nitro groups is 1. The quantitative estimate of drug-likeness (QED) is 0.606. The van der Waals surface area contributed by atoms with E-state index in [0.717, 1.165) is 18.2 Å². The van der Waals surface area contributed by atoms with Crippen LogP contribution in [-0.2, 0) is 10.0 Å². The van der Waals surface area contributed by atoms with E-state index in [1.165, 1.54) is 0 Å². The van der Waals surface area contributed by atoms with Gasteiger partial charge in [0, 0.05) is 12.0 Å². The smallest absolute Gasteiger partial charge is 0.272 e. The summed E-state index contributed by atoms with van der Waals surface area (Å²) < 4.78 is 41.1. The summed E-state index contributed by atoms with van der Waals surface area (Å²) in [6, 6.07) is 3.00. The minimum absolute atomic E-state index is 0.0376. The zero-order chi connectivity index (χ0) is 16.2. The fourth-order valence-corrected chi connectivity index (χ4v) is 2.73. The molecule has 0 fully saturated rings. The third-order valence-corrected chi connectivity index (χ3v) is 3.86. The Balaban J connectivity index is 2.79. The molecule has 1 atom stereocenters. The van der Waals surface area contributed by atoms with Crippen molar-refractivity contribution in [1.29, 1.82) is 0 Å². The third-order valence-electron chi connectivity index (χ3n) is 2.97. The van der Waals surface area contributed by atoms with Crippen molar-refractivity contribution in [3.05, 3.63) is 34.1 Å². The molecule has 9 heteroatoms. The van der Waals surface area contributed by atoms with E-state index in [1.54, 1.807) is 13.8 Å². The number of non-ortho nitro benzene ring substituents is 1. The van der Waals surface area contributed by atoms with Crippen LogP contribution in [0.2, 0.25) is 0 Å². The lowest BCUT2D eigenvalue weighted by atomic mass is 9.99. The second kappa shape index (κ2) is 6.81. The van der Waals surface area contributed by atoms with Gasteiger partial charge in [-0.3, -0.25) is 10.1 Å². The largest absolute Gasteiger partial charge is 0.490 e. The zero-order valence-corrected chi connectivity index (χ0v) is 12.5. The highest BCUT2D eigenvalue weighted by Crippen LogP contribution is 2.24. The summed E-state index contributed by atoms with van der Waals surface area (Å²) in [5.74, 6) is -1.76. The Morgan fingerprint density at radius 2 is 2.05 bits per heavy atom. The van der Waals surface area contributed by atoms with E-state index in [4.69, 9.17) is 9.88 Å². The van der Waals surface area contributed by atoms with Gasteiger partial charge in [0.1, 0.15) is 0 Å². The van der Waals surface area contributed by atoms with Crippen molar-refractivity contribution in [2.45, 2.75) is 13.8 Å². The highest BCUT2D eigenvalue weighted by atomic mass is 32.2. The zero-order valence-electron chi connectivity index (χ0n) is 11.7. The highest BCUT2D eigenvalue weighted by Gasteiger charge is 2.21. The van der Waals surface area contributed by atoms with E-state index in [1.807, 2.05) is 0 Å². The van der Waals surface area contributed by atoms with Crippen LogP contribution in [0.5, 0.6) is 5.75 Å². The van der Waals surface area contributed by atoms with Crippen molar-refractivity contribution in [2.24, 2.45) is 17.0 Å². The molecule has 0 bridgehead atoms. The molecule has 0 saturated heterocycles. The summed E-state index contributed by atoms with van der Waals surface area (Å²) in [4.78, 5) is 9.78. The monoisotopic (exact) mass is 320 g/mol. The number of nitrogens with two attached hydrogens (primary N) is 1. The molecule has 0 aliphatic heterocycles. The number of halogens is 1. The minimum Gasteiger partial charge on any atom is -0.490 e. The van der Waals surface area contributed by atoms with Crippen molar-refractivity contribution in [2.75, 3.05) is 12.4 Å². The summed E-state index contributed by atoms with van der Waals surface area (Å²) in [5.41, 5.74) is -0.384. The molecule has 1 rings (SSSR count). The van der Waals surface area contributed by atoms with Crippen LogP contribution in [0.15, 0.2) is 18.2 Å². The highest BCUT2D eigenvalue weighted by molar-refractivity contribution is 7.89. The van der Waals surface area contributed by atoms with Crippen LogP contribution in [0, 0.1) is 27.8 Å². The summed E-state index contributed by atoms with van der Waals surface area (Å²) in [6.45, 7) is 3.54. The predicted octanol–water partition coefficient (Wildman–Crippen LogP) is 1.67. The number of primary sulfonamides is 1. The fraction of sp³-hybridized carbons (Fsp3) is 0.500. The van der Waals surface area contributed by atoms with Crippen molar-refractivity contribution < 1.29 is 22.5 Å². The Labute approximate surface area is 122 Å². The number of rotatable bonds is 7. The molecule has 0 saturated carbocycles. The van der Waals surface area contributed by atoms with Gasteiger partial charge in [0.05, 0.1) is 23.3 Å². The van der Waals surface area contributed by atoms with Gasteiger partial charge in [-0.15, -0.1) is 0 Å². The second-order valence-electron chi connectivity index (χ2n) is 5.02. The standard InChI is InChI=1S/C12H17FN2O5S/c1-8(2)9(7-21(14,18)19)6-20-12-4-3-10(15(16)17)5-11(12)13/h3-5,8-9H,6-7H2,1-2H3,(H2,14,18,19). The van der Waals surface area contributed by atoms with Gasteiger partial charge in [-0.1, -0.05) is 13.8 Å². The molecule has 0 aliphatic rings. The summed E-state index contributed by atoms with van der Waals surface area (Å²) in [5, 5.41) is 15.5. The predicted molar refractivity (Wildman–Crippen MR) is 74.9 cm³/mol. The number of hydrogen-bond donors (Lipinski definition) is 1. The minimum atomic E-state index is -3.66. The van der Waals surface area contributed by atoms with Crippen LogP contribution in [0.25, 0.3) is 0 Å². The lowest BCUT2D eigenvalue weighted by Gasteiger charge is -2.20. The van der Waals surface area contributed by atoms with Gasteiger partial charge in [0.15, 0.2) is 11.6 Å². The molecule has 1 unspecified atom stereocenters. The summed E-state index contributed by atoms with van der Waals surface area (Å²) >= 11 is 0. The first kappa shape index (κ1) is 17.3. The van der Waals surface area contributed by atoms with Crippen LogP contribution < -0.4 is 9.88 Å². The van der Waals surface area contributed by atoms with Gasteiger partial charge in [-0.2, -0.15) is 0 Å². The molecule has 0 spiro atoms. The van der Waals surface area contributed by atoms with E-state index in [-0.39, 0.29) is 29.7 Å². The van der Waals surface area contributed by atoms with Crippen LogP contribution in [0.4, 0.5) is 10.1 Å². The average molecular weight is 320 g/mol. The van der Waals surface area contributed by atoms with Gasteiger partial charge in [-0.05, 0) is 12.0 Å². The van der Waals surface area contributed by atoms with Crippen molar-refractivity contribution >= 4 is 15.7 Å². The van der Waals surface area contributed by atoms with E-state index in [0.29, 0.717) is 0 Å². The molecule has 1 aromatic rings. The van der Waals surface area contributed by atoms with Crippen molar-refractivity contribution in [3.63, 3.8) is 0 Å². The third kappa shape index (κ3) is 5.64.